The Kier molecular flexibility index (Phi) is 51.9. The van der Waals surface area contributed by atoms with Crippen molar-refractivity contribution < 1.29 is 24.5 Å². The number of hydrogen-bond acceptors (Lipinski definition) is 5. The van der Waals surface area contributed by atoms with Crippen molar-refractivity contribution in [2.45, 2.75) is 334 Å². The molecule has 0 aliphatic heterocycles. The predicted molar refractivity (Wildman–Crippen MR) is 283 cm³/mol. The normalized spacial score (nSPS) is 13.2. The molecule has 3 atom stereocenters. The van der Waals surface area contributed by atoms with Crippen LogP contribution >= 0.6 is 0 Å². The molecule has 0 aliphatic carbocycles. The smallest absolute Gasteiger partial charge is 0.306 e. The zero-order valence-corrected chi connectivity index (χ0v) is 43.9. The first-order chi connectivity index (χ1) is 32.0. The van der Waals surface area contributed by atoms with Crippen LogP contribution in [0.4, 0.5) is 0 Å². The third-order valence-electron chi connectivity index (χ3n) is 13.5. The summed E-state index contributed by atoms with van der Waals surface area (Å²) in [6.45, 7) is 6.42. The molecule has 1 amide bonds. The van der Waals surface area contributed by atoms with Crippen molar-refractivity contribution in [3.63, 3.8) is 0 Å². The minimum absolute atomic E-state index is 0.0738. The molecule has 0 aromatic heterocycles. The van der Waals surface area contributed by atoms with Gasteiger partial charge in [0.1, 0.15) is 6.10 Å². The monoisotopic (exact) mass is 916 g/mol. The number of carbonyl (C=O) groups is 2. The molecule has 6 nitrogen and oxygen atoms in total. The summed E-state index contributed by atoms with van der Waals surface area (Å²) in [5.74, 6) is -0.469. The molecule has 0 bridgehead atoms. The first-order valence-electron chi connectivity index (χ1n) is 29.1. The quantitative estimate of drug-likeness (QED) is 0.0321. The molecule has 0 aromatic rings. The third kappa shape index (κ3) is 48.6. The van der Waals surface area contributed by atoms with E-state index in [0.717, 1.165) is 70.6 Å². The minimum atomic E-state index is -0.788. The van der Waals surface area contributed by atoms with E-state index in [4.69, 9.17) is 4.74 Å². The molecule has 0 saturated heterocycles. The highest BCUT2D eigenvalue weighted by Crippen LogP contribution is 2.19. The second kappa shape index (κ2) is 53.3. The van der Waals surface area contributed by atoms with E-state index in [-0.39, 0.29) is 24.9 Å². The number of unbranched alkanes of at least 4 members (excludes halogenated alkanes) is 37. The SMILES string of the molecule is CC/C=C/C/C=C/CCCCCCCC(CC(=O)NC(CO)C(O)CCCCCCCCCCCCCCCCCCC)OC(=O)CCCCCCCCCCCCCCCCCCC. The van der Waals surface area contributed by atoms with E-state index < -0.39 is 18.2 Å². The van der Waals surface area contributed by atoms with Gasteiger partial charge < -0.3 is 20.3 Å². The maximum absolute atomic E-state index is 13.3. The molecule has 0 radical (unpaired) electrons. The maximum atomic E-state index is 13.3. The molecule has 65 heavy (non-hydrogen) atoms. The van der Waals surface area contributed by atoms with Crippen molar-refractivity contribution >= 4 is 11.9 Å². The maximum Gasteiger partial charge on any atom is 0.306 e. The third-order valence-corrected chi connectivity index (χ3v) is 13.5. The van der Waals surface area contributed by atoms with Gasteiger partial charge in [-0.25, -0.2) is 0 Å². The van der Waals surface area contributed by atoms with Gasteiger partial charge in [0.05, 0.1) is 25.2 Å². The van der Waals surface area contributed by atoms with Crippen LogP contribution in [-0.4, -0.2) is 46.9 Å². The Bertz CT molecular complexity index is 1030. The second-order valence-electron chi connectivity index (χ2n) is 20.0. The second-order valence-corrected chi connectivity index (χ2v) is 20.0. The Morgan fingerprint density at radius 2 is 0.831 bits per heavy atom. The van der Waals surface area contributed by atoms with Gasteiger partial charge in [0.2, 0.25) is 5.91 Å². The molecule has 0 fully saturated rings. The number of esters is 1. The molecule has 0 saturated carbocycles. The van der Waals surface area contributed by atoms with Gasteiger partial charge in [-0.2, -0.15) is 0 Å². The fourth-order valence-electron chi connectivity index (χ4n) is 9.18. The standard InChI is InChI=1S/C59H113NO5/c1-4-7-10-13-16-19-22-25-27-29-31-33-36-39-42-45-48-51-57(62)56(54-61)60-58(63)53-55(50-47-44-41-38-35-24-21-18-15-12-9-6-3)65-59(64)52-49-46-43-40-37-34-32-30-28-26-23-20-17-14-11-8-5-2/h9,12,18,21,55-57,61-62H,4-8,10-11,13-17,19-20,22-54H2,1-3H3,(H,60,63)/b12-9+,21-18+. The summed E-state index contributed by atoms with van der Waals surface area (Å²) in [7, 11) is 0. The minimum Gasteiger partial charge on any atom is -0.462 e. The summed E-state index contributed by atoms with van der Waals surface area (Å²) >= 11 is 0. The van der Waals surface area contributed by atoms with Crippen LogP contribution in [0.2, 0.25) is 0 Å². The van der Waals surface area contributed by atoms with E-state index in [0.29, 0.717) is 19.3 Å². The van der Waals surface area contributed by atoms with Crippen molar-refractivity contribution in [1.29, 1.82) is 0 Å². The van der Waals surface area contributed by atoms with Gasteiger partial charge in [-0.15, -0.1) is 0 Å². The predicted octanol–water partition coefficient (Wildman–Crippen LogP) is 17.9. The lowest BCUT2D eigenvalue weighted by molar-refractivity contribution is -0.151. The summed E-state index contributed by atoms with van der Waals surface area (Å²) in [5.41, 5.74) is 0. The van der Waals surface area contributed by atoms with E-state index in [9.17, 15) is 19.8 Å². The highest BCUT2D eigenvalue weighted by atomic mass is 16.5. The van der Waals surface area contributed by atoms with E-state index in [1.807, 2.05) is 0 Å². The summed E-state index contributed by atoms with van der Waals surface area (Å²) in [5, 5.41) is 23.9. The number of rotatable bonds is 53. The molecule has 384 valence electrons. The zero-order valence-electron chi connectivity index (χ0n) is 43.9. The van der Waals surface area contributed by atoms with Gasteiger partial charge in [-0.3, -0.25) is 9.59 Å². The fraction of sp³-hybridized carbons (Fsp3) is 0.898. The van der Waals surface area contributed by atoms with Gasteiger partial charge in [0, 0.05) is 6.42 Å². The fourth-order valence-corrected chi connectivity index (χ4v) is 9.18. The Morgan fingerprint density at radius 3 is 1.25 bits per heavy atom. The van der Waals surface area contributed by atoms with Crippen LogP contribution in [0.25, 0.3) is 0 Å². The lowest BCUT2D eigenvalue weighted by Crippen LogP contribution is -2.46. The van der Waals surface area contributed by atoms with Crippen LogP contribution in [0.3, 0.4) is 0 Å². The highest BCUT2D eigenvalue weighted by molar-refractivity contribution is 5.77. The highest BCUT2D eigenvalue weighted by Gasteiger charge is 2.24. The number of allylic oxidation sites excluding steroid dienone is 4. The number of amides is 1. The van der Waals surface area contributed by atoms with Crippen LogP contribution in [0.15, 0.2) is 24.3 Å². The lowest BCUT2D eigenvalue weighted by Gasteiger charge is -2.24. The van der Waals surface area contributed by atoms with E-state index in [1.165, 1.54) is 199 Å². The van der Waals surface area contributed by atoms with Crippen LogP contribution in [0.1, 0.15) is 316 Å². The van der Waals surface area contributed by atoms with Crippen molar-refractivity contribution in [3.8, 4) is 0 Å². The topological polar surface area (TPSA) is 95.9 Å². The van der Waals surface area contributed by atoms with Crippen LogP contribution in [0.5, 0.6) is 0 Å². The summed E-state index contributed by atoms with van der Waals surface area (Å²) in [6, 6.07) is -0.702. The van der Waals surface area contributed by atoms with Gasteiger partial charge in [0.15, 0.2) is 0 Å². The molecular formula is C59H113NO5. The van der Waals surface area contributed by atoms with Gasteiger partial charge in [0.25, 0.3) is 0 Å². The molecule has 6 heteroatoms. The van der Waals surface area contributed by atoms with Crippen LogP contribution in [-0.2, 0) is 14.3 Å². The summed E-state index contributed by atoms with van der Waals surface area (Å²) < 4.78 is 5.95. The number of ether oxygens (including phenoxy) is 1. The molecule has 0 rings (SSSR count). The van der Waals surface area contributed by atoms with Gasteiger partial charge >= 0.3 is 5.97 Å². The Morgan fingerprint density at radius 1 is 0.462 bits per heavy atom. The van der Waals surface area contributed by atoms with Crippen molar-refractivity contribution in [2.24, 2.45) is 0 Å². The van der Waals surface area contributed by atoms with E-state index in [2.05, 4.69) is 50.4 Å². The average Bonchev–Trinajstić information content (AvgIpc) is 3.30. The Balaban J connectivity index is 4.44. The van der Waals surface area contributed by atoms with Crippen LogP contribution < -0.4 is 5.32 Å². The molecule has 0 heterocycles. The first kappa shape index (κ1) is 63.3. The number of aliphatic hydroxyl groups is 2. The van der Waals surface area contributed by atoms with Gasteiger partial charge in [-0.1, -0.05) is 276 Å². The molecule has 0 aliphatic rings. The number of carbonyl (C=O) groups excluding carboxylic acids is 2. The van der Waals surface area contributed by atoms with E-state index >= 15 is 0 Å². The molecule has 3 N–H and O–H groups in total. The molecule has 3 unspecified atom stereocenters. The Hall–Kier alpha value is -1.66. The number of nitrogens with one attached hydrogen (secondary N) is 1. The molecular weight excluding hydrogens is 803 g/mol. The number of aliphatic hydroxyl groups excluding tert-OH is 2. The summed E-state index contributed by atoms with van der Waals surface area (Å²) in [6.07, 6.45) is 62.5. The lowest BCUT2D eigenvalue weighted by atomic mass is 10.0. The molecule has 0 aromatic carbocycles. The Labute approximate surface area is 405 Å². The average molecular weight is 917 g/mol. The first-order valence-corrected chi connectivity index (χ1v) is 29.1. The van der Waals surface area contributed by atoms with Gasteiger partial charge in [-0.05, 0) is 51.4 Å². The summed E-state index contributed by atoms with van der Waals surface area (Å²) in [4.78, 5) is 26.2. The van der Waals surface area contributed by atoms with Crippen molar-refractivity contribution in [2.75, 3.05) is 6.61 Å². The van der Waals surface area contributed by atoms with E-state index in [1.54, 1.807) is 0 Å². The number of hydrogen-bond donors (Lipinski definition) is 3. The van der Waals surface area contributed by atoms with Crippen molar-refractivity contribution in [3.05, 3.63) is 24.3 Å². The largest absolute Gasteiger partial charge is 0.462 e. The van der Waals surface area contributed by atoms with Crippen LogP contribution in [0, 0.1) is 0 Å². The zero-order chi connectivity index (χ0) is 47.4. The van der Waals surface area contributed by atoms with Crippen molar-refractivity contribution in [1.82, 2.24) is 5.32 Å². The molecule has 0 spiro atoms.